The molecule has 2 heterocycles. The Labute approximate surface area is 177 Å². The second-order valence-corrected chi connectivity index (χ2v) is 8.70. The predicted molar refractivity (Wildman–Crippen MR) is 116 cm³/mol. The van der Waals surface area contributed by atoms with E-state index in [1.165, 1.54) is 17.2 Å². The third kappa shape index (κ3) is 4.64. The van der Waals surface area contributed by atoms with Gasteiger partial charge >= 0.3 is 0 Å². The topological polar surface area (TPSA) is 38.1 Å². The molecule has 1 aromatic heterocycles. The third-order valence-electron chi connectivity index (χ3n) is 5.95. The molecule has 2 atom stereocenters. The molecule has 1 aromatic carbocycles. The molecule has 1 aliphatic carbocycles. The van der Waals surface area contributed by atoms with E-state index in [4.69, 9.17) is 12.6 Å². The van der Waals surface area contributed by atoms with Crippen molar-refractivity contribution in [2.75, 3.05) is 13.1 Å². The number of hydrogen-bond donors (Lipinski definition) is 1. The second kappa shape index (κ2) is 8.84. The summed E-state index contributed by atoms with van der Waals surface area (Å²) in [5, 5.41) is 4.56. The first kappa shape index (κ1) is 20.4. The number of halogens is 1. The zero-order valence-corrected chi connectivity index (χ0v) is 17.7. The molecular formula is C23H28FN3OS. The lowest BCUT2D eigenvalue weighted by molar-refractivity contribution is -0.126. The number of hydrogen-bond acceptors (Lipinski definition) is 4. The molecule has 29 heavy (non-hydrogen) atoms. The average molecular weight is 414 g/mol. The Morgan fingerprint density at radius 3 is 2.83 bits per heavy atom. The molecule has 4 rings (SSSR count). The monoisotopic (exact) mass is 413 g/mol. The maximum absolute atomic E-state index is 14.6. The van der Waals surface area contributed by atoms with Crippen molar-refractivity contribution in [3.05, 3.63) is 65.3 Å². The van der Waals surface area contributed by atoms with E-state index in [0.717, 1.165) is 32.2 Å². The highest BCUT2D eigenvalue weighted by Gasteiger charge is 2.40. The fourth-order valence-corrected chi connectivity index (χ4v) is 4.33. The van der Waals surface area contributed by atoms with Gasteiger partial charge in [-0.05, 0) is 42.9 Å². The standard InChI is InChI=1S/C23H28FN3OS/c1-2-16-13-25-27(14-16)12-9-18-15-26(11-10-21(18)29)22(23(28)17-7-8-17)19-5-3-4-6-20(19)24/h3-6,9,13-14,17,21-22,29H,2,7-8,10-12,15H2,1H3/b18-9-. The van der Waals surface area contributed by atoms with Gasteiger partial charge in [0, 0.05) is 36.0 Å². The largest absolute Gasteiger partial charge is 0.297 e. The molecule has 2 unspecified atom stereocenters. The fourth-order valence-electron chi connectivity index (χ4n) is 4.03. The van der Waals surface area contributed by atoms with Gasteiger partial charge in [0.05, 0.1) is 18.8 Å². The van der Waals surface area contributed by atoms with Gasteiger partial charge in [0.25, 0.3) is 0 Å². The van der Waals surface area contributed by atoms with E-state index in [1.807, 2.05) is 16.9 Å². The number of aryl methyl sites for hydroxylation is 1. The molecule has 4 nitrogen and oxygen atoms in total. The number of piperidine rings is 1. The molecule has 0 amide bonds. The van der Waals surface area contributed by atoms with E-state index in [2.05, 4.69) is 29.2 Å². The van der Waals surface area contributed by atoms with Crippen molar-refractivity contribution in [2.24, 2.45) is 5.92 Å². The Morgan fingerprint density at radius 1 is 1.34 bits per heavy atom. The highest BCUT2D eigenvalue weighted by molar-refractivity contribution is 7.81. The van der Waals surface area contributed by atoms with Crippen LogP contribution < -0.4 is 0 Å². The normalized spacial score (nSPS) is 22.7. The third-order valence-corrected chi connectivity index (χ3v) is 6.54. The van der Waals surface area contributed by atoms with Gasteiger partial charge in [-0.1, -0.05) is 31.2 Å². The lowest BCUT2D eigenvalue weighted by Gasteiger charge is -2.37. The summed E-state index contributed by atoms with van der Waals surface area (Å²) in [6.45, 7) is 4.17. The van der Waals surface area contributed by atoms with Crippen molar-refractivity contribution in [1.82, 2.24) is 14.7 Å². The first-order valence-corrected chi connectivity index (χ1v) is 11.0. The molecule has 1 saturated carbocycles. The molecule has 0 spiro atoms. The molecular weight excluding hydrogens is 385 g/mol. The number of likely N-dealkylation sites (tertiary alicyclic amines) is 1. The minimum atomic E-state index is -0.510. The van der Waals surface area contributed by atoms with E-state index in [1.54, 1.807) is 12.1 Å². The molecule has 1 saturated heterocycles. The summed E-state index contributed by atoms with van der Waals surface area (Å²) in [5.74, 6) is -0.0577. The molecule has 2 aromatic rings. The van der Waals surface area contributed by atoms with Crippen LogP contribution in [0.4, 0.5) is 4.39 Å². The van der Waals surface area contributed by atoms with E-state index in [9.17, 15) is 9.18 Å². The Morgan fingerprint density at radius 2 is 2.14 bits per heavy atom. The molecule has 2 aliphatic rings. The minimum Gasteiger partial charge on any atom is -0.297 e. The van der Waals surface area contributed by atoms with Crippen molar-refractivity contribution in [3.63, 3.8) is 0 Å². The first-order chi connectivity index (χ1) is 14.1. The van der Waals surface area contributed by atoms with Gasteiger partial charge in [-0.15, -0.1) is 0 Å². The van der Waals surface area contributed by atoms with Crippen molar-refractivity contribution < 1.29 is 9.18 Å². The predicted octanol–water partition coefficient (Wildman–Crippen LogP) is 4.24. The number of Topliss-reactive ketones (excluding diaryl/α,β-unsaturated/α-hetero) is 1. The summed E-state index contributed by atoms with van der Waals surface area (Å²) in [6, 6.07) is 6.19. The molecule has 1 aliphatic heterocycles. The average Bonchev–Trinajstić information content (AvgIpc) is 3.48. The summed E-state index contributed by atoms with van der Waals surface area (Å²) in [7, 11) is 0. The molecule has 0 radical (unpaired) electrons. The lowest BCUT2D eigenvalue weighted by atomic mass is 9.93. The number of benzene rings is 1. The van der Waals surface area contributed by atoms with Gasteiger partial charge in [-0.2, -0.15) is 17.7 Å². The summed E-state index contributed by atoms with van der Waals surface area (Å²) >= 11 is 4.76. The van der Waals surface area contributed by atoms with Crippen LogP contribution in [0.3, 0.4) is 0 Å². The fraction of sp³-hybridized carbons (Fsp3) is 0.478. The number of aromatic nitrogens is 2. The zero-order chi connectivity index (χ0) is 20.4. The Bertz CT molecular complexity index is 905. The van der Waals surface area contributed by atoms with Gasteiger partial charge in [0.15, 0.2) is 5.78 Å². The first-order valence-electron chi connectivity index (χ1n) is 10.5. The Hall–Kier alpha value is -1.92. The van der Waals surface area contributed by atoms with Crippen molar-refractivity contribution in [1.29, 1.82) is 0 Å². The molecule has 154 valence electrons. The molecule has 0 N–H and O–H groups in total. The number of thiol groups is 1. The quantitative estimate of drug-likeness (QED) is 0.545. The van der Waals surface area contributed by atoms with Crippen LogP contribution in [-0.4, -0.2) is 38.8 Å². The number of ketones is 1. The van der Waals surface area contributed by atoms with Crippen LogP contribution >= 0.6 is 12.6 Å². The number of carbonyl (C=O) groups is 1. The second-order valence-electron chi connectivity index (χ2n) is 8.08. The van der Waals surface area contributed by atoms with Crippen LogP contribution in [-0.2, 0) is 17.8 Å². The molecule has 6 heteroatoms. The molecule has 0 bridgehead atoms. The van der Waals surface area contributed by atoms with E-state index >= 15 is 0 Å². The van der Waals surface area contributed by atoms with Crippen LogP contribution in [0, 0.1) is 11.7 Å². The van der Waals surface area contributed by atoms with Crippen molar-refractivity contribution in [2.45, 2.75) is 50.4 Å². The van der Waals surface area contributed by atoms with Gasteiger partial charge in [0.1, 0.15) is 5.82 Å². The van der Waals surface area contributed by atoms with Crippen LogP contribution in [0.1, 0.15) is 43.4 Å². The van der Waals surface area contributed by atoms with Gasteiger partial charge in [-0.25, -0.2) is 4.39 Å². The highest BCUT2D eigenvalue weighted by atomic mass is 32.1. The number of allylic oxidation sites excluding steroid dienone is 1. The number of rotatable bonds is 7. The minimum absolute atomic E-state index is 0.0808. The lowest BCUT2D eigenvalue weighted by Crippen LogP contribution is -2.42. The van der Waals surface area contributed by atoms with Crippen LogP contribution in [0.2, 0.25) is 0 Å². The molecule has 2 fully saturated rings. The number of carbonyl (C=O) groups excluding carboxylic acids is 1. The van der Waals surface area contributed by atoms with E-state index < -0.39 is 6.04 Å². The Kier molecular flexibility index (Phi) is 6.20. The van der Waals surface area contributed by atoms with Crippen LogP contribution in [0.5, 0.6) is 0 Å². The summed E-state index contributed by atoms with van der Waals surface area (Å²) in [5.41, 5.74) is 2.89. The maximum atomic E-state index is 14.6. The highest BCUT2D eigenvalue weighted by Crippen LogP contribution is 2.39. The van der Waals surface area contributed by atoms with Gasteiger partial charge in [-0.3, -0.25) is 14.4 Å². The van der Waals surface area contributed by atoms with Crippen LogP contribution in [0.25, 0.3) is 0 Å². The van der Waals surface area contributed by atoms with Gasteiger partial charge < -0.3 is 0 Å². The smallest absolute Gasteiger partial charge is 0.157 e. The zero-order valence-electron chi connectivity index (χ0n) is 16.8. The SMILES string of the molecule is CCc1cnn(C/C=C2/CN(C(C(=O)C3CC3)c3ccccc3F)CCC2S)c1. The van der Waals surface area contributed by atoms with Crippen molar-refractivity contribution >= 4 is 18.4 Å². The van der Waals surface area contributed by atoms with E-state index in [-0.39, 0.29) is 22.8 Å². The van der Waals surface area contributed by atoms with Crippen molar-refractivity contribution in [3.8, 4) is 0 Å². The summed E-state index contributed by atoms with van der Waals surface area (Å²) in [4.78, 5) is 15.2. The van der Waals surface area contributed by atoms with Crippen LogP contribution in [0.15, 0.2) is 48.3 Å². The Balaban J connectivity index is 1.56. The van der Waals surface area contributed by atoms with Gasteiger partial charge in [0.2, 0.25) is 0 Å². The van der Waals surface area contributed by atoms with E-state index in [0.29, 0.717) is 18.7 Å². The summed E-state index contributed by atoms with van der Waals surface area (Å²) in [6.07, 6.45) is 9.78. The summed E-state index contributed by atoms with van der Waals surface area (Å²) < 4.78 is 16.5. The number of nitrogens with zero attached hydrogens (tertiary/aromatic N) is 3. The maximum Gasteiger partial charge on any atom is 0.157 e.